The molecule has 0 bridgehead atoms. The Morgan fingerprint density at radius 2 is 0.889 bits per heavy atom. The van der Waals surface area contributed by atoms with E-state index in [2.05, 4.69) is 193 Å². The lowest BCUT2D eigenvalue weighted by Crippen LogP contribution is -2.00. The highest BCUT2D eigenvalue weighted by Gasteiger charge is 2.22. The maximum Gasteiger partial charge on any atom is 0.164 e. The Balaban J connectivity index is 0.918. The Hall–Kier alpha value is -8.19. The summed E-state index contributed by atoms with van der Waals surface area (Å²) in [5, 5.41) is 11.9. The first-order valence-electron chi connectivity index (χ1n) is 21.2. The van der Waals surface area contributed by atoms with Crippen LogP contribution in [0.25, 0.3) is 136 Å². The highest BCUT2D eigenvalue weighted by atomic mass is 32.1. The smallest absolute Gasteiger partial charge is 0.164 e. The van der Waals surface area contributed by atoms with Crippen molar-refractivity contribution in [3.63, 3.8) is 0 Å². The number of hydrogen-bond donors (Lipinski definition) is 0. The van der Waals surface area contributed by atoms with Crippen LogP contribution >= 0.6 is 11.3 Å². The molecule has 0 aliphatic rings. The van der Waals surface area contributed by atoms with Crippen molar-refractivity contribution in [3.05, 3.63) is 194 Å². The van der Waals surface area contributed by atoms with E-state index in [4.69, 9.17) is 19.4 Å². The number of fused-ring (bicyclic) bond motifs is 4. The lowest BCUT2D eigenvalue weighted by atomic mass is 10.00. The third-order valence-electron chi connectivity index (χ3n) is 12.8. The Bertz CT molecular complexity index is 4040. The molecule has 292 valence electrons. The first kappa shape index (κ1) is 34.5. The van der Waals surface area contributed by atoms with Gasteiger partial charge in [-0.05, 0) is 87.3 Å². The van der Waals surface area contributed by atoms with E-state index in [1.807, 2.05) is 6.07 Å². The molecule has 0 atom stereocenters. The monoisotopic (exact) mass is 820 g/mol. The van der Waals surface area contributed by atoms with Gasteiger partial charge in [0.25, 0.3) is 0 Å². The summed E-state index contributed by atoms with van der Waals surface area (Å²) in [4.78, 5) is 15.5. The van der Waals surface area contributed by atoms with Crippen molar-refractivity contribution in [3.8, 4) is 51.0 Å². The van der Waals surface area contributed by atoms with E-state index in [1.54, 1.807) is 11.3 Å². The zero-order valence-corrected chi connectivity index (χ0v) is 34.4. The van der Waals surface area contributed by atoms with E-state index in [0.717, 1.165) is 71.7 Å². The van der Waals surface area contributed by atoms with Crippen LogP contribution in [-0.2, 0) is 0 Å². The van der Waals surface area contributed by atoms with E-state index in [9.17, 15) is 0 Å². The molecule has 0 saturated carbocycles. The van der Waals surface area contributed by atoms with Crippen LogP contribution in [0.15, 0.2) is 199 Å². The third kappa shape index (κ3) is 5.25. The van der Waals surface area contributed by atoms with Gasteiger partial charge in [0.15, 0.2) is 17.5 Å². The van der Waals surface area contributed by atoms with E-state index >= 15 is 0 Å². The molecule has 0 aliphatic heterocycles. The maximum atomic E-state index is 6.66. The summed E-state index contributed by atoms with van der Waals surface area (Å²) in [6.45, 7) is 0. The molecule has 14 aromatic rings. The number of rotatable bonds is 5. The Morgan fingerprint density at radius 1 is 0.349 bits per heavy atom. The Labute approximate surface area is 364 Å². The fraction of sp³-hybridized carbons (Fsp3) is 0. The van der Waals surface area contributed by atoms with Gasteiger partial charge in [-0.15, -0.1) is 11.3 Å². The maximum absolute atomic E-state index is 6.66. The minimum atomic E-state index is 0.633. The molecular formula is C57H32N4OS. The Kier molecular flexibility index (Phi) is 7.21. The molecule has 6 heteroatoms. The SMILES string of the molecule is c1ccc(-c2ccc(-c3nc(-c4ccc5cc(-n6c7ccc8cccc9oc%10cccc%11ccc6c(c%11%10)c7c89)ccc5c4)nc(-c4ccc5c(c4)sc4ccccc45)n3)cc2)cc1. The van der Waals surface area contributed by atoms with Crippen LogP contribution in [0, 0.1) is 0 Å². The molecule has 0 aliphatic carbocycles. The van der Waals surface area contributed by atoms with E-state index in [0.29, 0.717) is 17.5 Å². The molecule has 5 nitrogen and oxygen atoms in total. The van der Waals surface area contributed by atoms with Gasteiger partial charge < -0.3 is 8.98 Å². The molecule has 0 amide bonds. The fourth-order valence-electron chi connectivity index (χ4n) is 9.83. The Morgan fingerprint density at radius 3 is 1.62 bits per heavy atom. The van der Waals surface area contributed by atoms with Gasteiger partial charge >= 0.3 is 0 Å². The quantitative estimate of drug-likeness (QED) is 0.174. The molecule has 4 aromatic heterocycles. The van der Waals surface area contributed by atoms with Crippen LogP contribution in [0.2, 0.25) is 0 Å². The predicted molar refractivity (Wildman–Crippen MR) is 262 cm³/mol. The van der Waals surface area contributed by atoms with Gasteiger partial charge in [-0.3, -0.25) is 0 Å². The zero-order valence-electron chi connectivity index (χ0n) is 33.6. The van der Waals surface area contributed by atoms with Gasteiger partial charge in [-0.25, -0.2) is 15.0 Å². The predicted octanol–water partition coefficient (Wildman–Crippen LogP) is 15.6. The van der Waals surface area contributed by atoms with Crippen LogP contribution in [0.4, 0.5) is 0 Å². The minimum Gasteiger partial charge on any atom is -0.456 e. The average molecular weight is 821 g/mol. The van der Waals surface area contributed by atoms with Crippen molar-refractivity contribution in [1.82, 2.24) is 19.5 Å². The van der Waals surface area contributed by atoms with E-state index in [1.165, 1.54) is 47.3 Å². The molecule has 0 N–H and O–H groups in total. The summed E-state index contributed by atoms with van der Waals surface area (Å²) in [5.74, 6) is 1.92. The number of benzene rings is 10. The fourth-order valence-corrected chi connectivity index (χ4v) is 11.0. The van der Waals surface area contributed by atoms with Gasteiger partial charge in [0.1, 0.15) is 11.2 Å². The summed E-state index contributed by atoms with van der Waals surface area (Å²) in [6, 6.07) is 69.1. The summed E-state index contributed by atoms with van der Waals surface area (Å²) in [7, 11) is 0. The average Bonchev–Trinajstić information content (AvgIpc) is 3.84. The summed E-state index contributed by atoms with van der Waals surface area (Å²) >= 11 is 1.80. The second-order valence-corrected chi connectivity index (χ2v) is 17.5. The zero-order chi connectivity index (χ0) is 41.2. The highest BCUT2D eigenvalue weighted by molar-refractivity contribution is 7.25. The van der Waals surface area contributed by atoms with Gasteiger partial charge in [0.2, 0.25) is 0 Å². The standard InChI is InChI=1S/C57H32N4OS/c1-2-8-33(9-3-1)34-16-18-37(19-17-34)55-58-56(60-57(59-55)41-23-27-44-43-12-4-5-15-49(43)63-50(44)32-41)40-21-20-39-31-42(26-22-38(39)30-40)61-45-28-24-35-10-6-13-47-51(35)53(45)54-46(61)29-25-36-11-7-14-48(62-47)52(36)54/h1-32H. The van der Waals surface area contributed by atoms with E-state index in [-0.39, 0.29) is 0 Å². The molecule has 0 fully saturated rings. The molecule has 0 spiro atoms. The second-order valence-electron chi connectivity index (χ2n) is 16.4. The first-order chi connectivity index (χ1) is 31.2. The molecule has 0 radical (unpaired) electrons. The van der Waals surface area contributed by atoms with Gasteiger partial charge in [-0.1, -0.05) is 140 Å². The summed E-state index contributed by atoms with van der Waals surface area (Å²) in [6.07, 6.45) is 0. The molecule has 63 heavy (non-hydrogen) atoms. The largest absolute Gasteiger partial charge is 0.456 e. The second kappa shape index (κ2) is 13.2. The van der Waals surface area contributed by atoms with Crippen LogP contribution < -0.4 is 0 Å². The van der Waals surface area contributed by atoms with Crippen LogP contribution in [-0.4, -0.2) is 19.5 Å². The van der Waals surface area contributed by atoms with Gasteiger partial charge in [0.05, 0.1) is 11.0 Å². The molecule has 14 rings (SSSR count). The molecule has 0 unspecified atom stereocenters. The minimum absolute atomic E-state index is 0.633. The van der Waals surface area contributed by atoms with Crippen LogP contribution in [0.5, 0.6) is 0 Å². The summed E-state index contributed by atoms with van der Waals surface area (Å²) < 4.78 is 11.6. The van der Waals surface area contributed by atoms with Crippen LogP contribution in [0.3, 0.4) is 0 Å². The topological polar surface area (TPSA) is 56.7 Å². The highest BCUT2D eigenvalue weighted by Crippen LogP contribution is 2.45. The van der Waals surface area contributed by atoms with Crippen molar-refractivity contribution in [2.45, 2.75) is 0 Å². The van der Waals surface area contributed by atoms with Gasteiger partial charge in [-0.2, -0.15) is 0 Å². The lowest BCUT2D eigenvalue weighted by molar-refractivity contribution is 0.664. The van der Waals surface area contributed by atoms with Crippen molar-refractivity contribution >= 4 is 96.8 Å². The van der Waals surface area contributed by atoms with Crippen molar-refractivity contribution in [2.75, 3.05) is 0 Å². The molecular weight excluding hydrogens is 789 g/mol. The van der Waals surface area contributed by atoms with Gasteiger partial charge in [0, 0.05) is 64.1 Å². The molecule has 10 aromatic carbocycles. The normalized spacial score (nSPS) is 12.1. The lowest BCUT2D eigenvalue weighted by Gasteiger charge is -2.12. The number of hydrogen-bond acceptors (Lipinski definition) is 5. The number of aromatic nitrogens is 4. The van der Waals surface area contributed by atoms with Crippen LogP contribution in [0.1, 0.15) is 0 Å². The van der Waals surface area contributed by atoms with E-state index < -0.39 is 0 Å². The van der Waals surface area contributed by atoms with Crippen molar-refractivity contribution in [2.24, 2.45) is 0 Å². The molecule has 4 heterocycles. The number of nitrogens with zero attached hydrogens (tertiary/aromatic N) is 4. The van der Waals surface area contributed by atoms with Crippen molar-refractivity contribution in [1.29, 1.82) is 0 Å². The van der Waals surface area contributed by atoms with Crippen molar-refractivity contribution < 1.29 is 4.42 Å². The number of thiophene rings is 1. The first-order valence-corrected chi connectivity index (χ1v) is 22.0. The molecule has 0 saturated heterocycles. The summed E-state index contributed by atoms with van der Waals surface area (Å²) in [5.41, 5.74) is 10.3. The third-order valence-corrected chi connectivity index (χ3v) is 13.9.